The molecule has 0 spiro atoms. The number of hydrogen-bond acceptors (Lipinski definition) is 1. The molecule has 0 saturated heterocycles. The summed E-state index contributed by atoms with van der Waals surface area (Å²) in [6.07, 6.45) is 2.70. The summed E-state index contributed by atoms with van der Waals surface area (Å²) >= 11 is 9.03. The van der Waals surface area contributed by atoms with Gasteiger partial charge in [0, 0.05) is 10.7 Å². The maximum atomic E-state index is 5.66. The topological polar surface area (TPSA) is 12.9 Å². The molecule has 1 nitrogen and oxygen atoms in total. The number of nitrogens with zero attached hydrogens (tertiary/aromatic N) is 1. The van der Waals surface area contributed by atoms with Crippen LogP contribution in [-0.4, -0.2) is 4.98 Å². The van der Waals surface area contributed by atoms with Gasteiger partial charge in [0.25, 0.3) is 0 Å². The number of hydrogen-bond donors (Lipinski definition) is 0. The first-order valence-electron chi connectivity index (χ1n) is 3.04. The van der Waals surface area contributed by atoms with Crippen molar-refractivity contribution in [2.75, 3.05) is 0 Å². The Kier molecular flexibility index (Phi) is 2.69. The van der Waals surface area contributed by atoms with E-state index in [0.29, 0.717) is 5.15 Å². The van der Waals surface area contributed by atoms with Crippen LogP contribution in [0.5, 0.6) is 0 Å². The SMILES string of the molecule is CCc1cc(Cl)ncc1Br. The molecule has 1 heterocycles. The molecule has 0 saturated carbocycles. The van der Waals surface area contributed by atoms with Crippen LogP contribution in [0.3, 0.4) is 0 Å². The third-order valence-electron chi connectivity index (χ3n) is 1.28. The molecule has 0 N–H and O–H groups in total. The number of aromatic nitrogens is 1. The van der Waals surface area contributed by atoms with Crippen LogP contribution in [-0.2, 0) is 6.42 Å². The summed E-state index contributed by atoms with van der Waals surface area (Å²) in [5.41, 5.74) is 1.19. The Morgan fingerprint density at radius 2 is 2.40 bits per heavy atom. The lowest BCUT2D eigenvalue weighted by Crippen LogP contribution is -1.84. The molecule has 0 radical (unpaired) electrons. The molecule has 0 amide bonds. The lowest BCUT2D eigenvalue weighted by molar-refractivity contribution is 1.10. The molecule has 0 atom stereocenters. The van der Waals surface area contributed by atoms with Gasteiger partial charge >= 0.3 is 0 Å². The van der Waals surface area contributed by atoms with Gasteiger partial charge in [0.1, 0.15) is 5.15 Å². The summed E-state index contributed by atoms with van der Waals surface area (Å²) in [5, 5.41) is 0.556. The van der Waals surface area contributed by atoms with E-state index in [1.807, 2.05) is 6.07 Å². The highest BCUT2D eigenvalue weighted by molar-refractivity contribution is 9.10. The minimum Gasteiger partial charge on any atom is -0.243 e. The van der Waals surface area contributed by atoms with Crippen molar-refractivity contribution in [2.45, 2.75) is 13.3 Å². The molecule has 3 heteroatoms. The fourth-order valence-electron chi connectivity index (χ4n) is 0.722. The van der Waals surface area contributed by atoms with Crippen molar-refractivity contribution in [3.63, 3.8) is 0 Å². The summed E-state index contributed by atoms with van der Waals surface area (Å²) in [6, 6.07) is 1.87. The van der Waals surface area contributed by atoms with Crippen LogP contribution in [0.1, 0.15) is 12.5 Å². The van der Waals surface area contributed by atoms with Crippen LogP contribution in [0.15, 0.2) is 16.7 Å². The predicted octanol–water partition coefficient (Wildman–Crippen LogP) is 3.06. The second-order valence-corrected chi connectivity index (χ2v) is 3.19. The number of halogens is 2. The van der Waals surface area contributed by atoms with E-state index in [9.17, 15) is 0 Å². The maximum Gasteiger partial charge on any atom is 0.129 e. The quantitative estimate of drug-likeness (QED) is 0.663. The lowest BCUT2D eigenvalue weighted by atomic mass is 10.2. The van der Waals surface area contributed by atoms with Crippen LogP contribution >= 0.6 is 27.5 Å². The van der Waals surface area contributed by atoms with Gasteiger partial charge in [-0.15, -0.1) is 0 Å². The summed E-state index contributed by atoms with van der Waals surface area (Å²) in [7, 11) is 0. The zero-order valence-corrected chi connectivity index (χ0v) is 7.91. The average molecular weight is 220 g/mol. The number of aryl methyl sites for hydroxylation is 1. The minimum atomic E-state index is 0.556. The molecule has 1 aromatic rings. The van der Waals surface area contributed by atoms with Crippen LogP contribution < -0.4 is 0 Å². The Labute approximate surface area is 73.6 Å². The zero-order valence-electron chi connectivity index (χ0n) is 5.56. The molecule has 54 valence electrons. The van der Waals surface area contributed by atoms with Gasteiger partial charge < -0.3 is 0 Å². The summed E-state index contributed by atoms with van der Waals surface area (Å²) < 4.78 is 1.03. The largest absolute Gasteiger partial charge is 0.243 e. The van der Waals surface area contributed by atoms with Crippen molar-refractivity contribution in [3.8, 4) is 0 Å². The molecule has 0 fully saturated rings. The van der Waals surface area contributed by atoms with E-state index in [1.54, 1.807) is 6.20 Å². The van der Waals surface area contributed by atoms with Gasteiger partial charge in [-0.25, -0.2) is 4.98 Å². The van der Waals surface area contributed by atoms with E-state index < -0.39 is 0 Å². The molecule has 0 bridgehead atoms. The Bertz CT molecular complexity index is 237. The number of pyridine rings is 1. The Morgan fingerprint density at radius 3 is 2.90 bits per heavy atom. The highest BCUT2D eigenvalue weighted by Crippen LogP contribution is 2.18. The zero-order chi connectivity index (χ0) is 7.56. The van der Waals surface area contributed by atoms with E-state index in [0.717, 1.165) is 10.9 Å². The van der Waals surface area contributed by atoms with Crippen LogP contribution in [0, 0.1) is 0 Å². The van der Waals surface area contributed by atoms with E-state index in [1.165, 1.54) is 5.56 Å². The highest BCUT2D eigenvalue weighted by Gasteiger charge is 1.97. The van der Waals surface area contributed by atoms with E-state index in [2.05, 4.69) is 27.8 Å². The monoisotopic (exact) mass is 219 g/mol. The normalized spacial score (nSPS) is 9.90. The lowest BCUT2D eigenvalue weighted by Gasteiger charge is -1.98. The van der Waals surface area contributed by atoms with E-state index in [-0.39, 0.29) is 0 Å². The Morgan fingerprint density at radius 1 is 1.70 bits per heavy atom. The standard InChI is InChI=1S/C7H7BrClN/c1-2-5-3-7(9)10-4-6(5)8/h3-4H,2H2,1H3. The van der Waals surface area contributed by atoms with Gasteiger partial charge in [0.15, 0.2) is 0 Å². The Hall–Kier alpha value is -0.0800. The first-order chi connectivity index (χ1) is 4.74. The summed E-state index contributed by atoms with van der Waals surface area (Å²) in [6.45, 7) is 2.08. The van der Waals surface area contributed by atoms with E-state index in [4.69, 9.17) is 11.6 Å². The molecule has 0 aromatic carbocycles. The van der Waals surface area contributed by atoms with Gasteiger partial charge in [-0.05, 0) is 34.0 Å². The van der Waals surface area contributed by atoms with Crippen molar-refractivity contribution in [2.24, 2.45) is 0 Å². The molecular weight excluding hydrogens is 213 g/mol. The van der Waals surface area contributed by atoms with Gasteiger partial charge in [-0.1, -0.05) is 18.5 Å². The fraction of sp³-hybridized carbons (Fsp3) is 0.286. The predicted molar refractivity (Wildman–Crippen MR) is 46.3 cm³/mol. The molecule has 0 aliphatic heterocycles. The molecule has 0 aliphatic carbocycles. The second-order valence-electron chi connectivity index (χ2n) is 1.95. The third-order valence-corrected chi connectivity index (χ3v) is 2.20. The smallest absolute Gasteiger partial charge is 0.129 e. The van der Waals surface area contributed by atoms with Gasteiger partial charge in [0.2, 0.25) is 0 Å². The van der Waals surface area contributed by atoms with E-state index >= 15 is 0 Å². The van der Waals surface area contributed by atoms with Crippen molar-refractivity contribution < 1.29 is 0 Å². The average Bonchev–Trinajstić information content (AvgIpc) is 1.94. The fourth-order valence-corrected chi connectivity index (χ4v) is 1.40. The van der Waals surface area contributed by atoms with Crippen molar-refractivity contribution in [1.82, 2.24) is 4.98 Å². The highest BCUT2D eigenvalue weighted by atomic mass is 79.9. The molecule has 0 aliphatic rings. The van der Waals surface area contributed by atoms with Crippen LogP contribution in [0.2, 0.25) is 5.15 Å². The van der Waals surface area contributed by atoms with Gasteiger partial charge in [-0.3, -0.25) is 0 Å². The first-order valence-corrected chi connectivity index (χ1v) is 4.21. The third kappa shape index (κ3) is 1.70. The molecule has 1 aromatic heterocycles. The first kappa shape index (κ1) is 8.02. The maximum absolute atomic E-state index is 5.66. The number of rotatable bonds is 1. The second kappa shape index (κ2) is 3.35. The molecule has 10 heavy (non-hydrogen) atoms. The van der Waals surface area contributed by atoms with Gasteiger partial charge in [0.05, 0.1) is 0 Å². The van der Waals surface area contributed by atoms with Gasteiger partial charge in [-0.2, -0.15) is 0 Å². The Balaban J connectivity index is 3.09. The van der Waals surface area contributed by atoms with Crippen molar-refractivity contribution >= 4 is 27.5 Å². The molecule has 1 rings (SSSR count). The molecular formula is C7H7BrClN. The minimum absolute atomic E-state index is 0.556. The van der Waals surface area contributed by atoms with Crippen LogP contribution in [0.25, 0.3) is 0 Å². The summed E-state index contributed by atoms with van der Waals surface area (Å²) in [4.78, 5) is 3.91. The summed E-state index contributed by atoms with van der Waals surface area (Å²) in [5.74, 6) is 0. The molecule has 0 unspecified atom stereocenters. The van der Waals surface area contributed by atoms with Crippen LogP contribution in [0.4, 0.5) is 0 Å². The van der Waals surface area contributed by atoms with Crippen molar-refractivity contribution in [1.29, 1.82) is 0 Å². The van der Waals surface area contributed by atoms with Crippen molar-refractivity contribution in [3.05, 3.63) is 27.5 Å².